The van der Waals surface area contributed by atoms with Gasteiger partial charge in [-0.3, -0.25) is 14.4 Å². The summed E-state index contributed by atoms with van der Waals surface area (Å²) in [6.07, 6.45) is 1.98. The lowest BCUT2D eigenvalue weighted by atomic mass is 9.91. The number of hydrogen-bond donors (Lipinski definition) is 1. The minimum Gasteiger partial charge on any atom is -0.337 e. The number of carbonyl (C=O) groups excluding carboxylic acids is 2. The third kappa shape index (κ3) is 3.07. The van der Waals surface area contributed by atoms with Crippen molar-refractivity contribution in [2.75, 3.05) is 13.1 Å². The van der Waals surface area contributed by atoms with Gasteiger partial charge in [-0.15, -0.1) is 0 Å². The smallest absolute Gasteiger partial charge is 0.274 e. The summed E-state index contributed by atoms with van der Waals surface area (Å²) in [6.45, 7) is 3.00. The van der Waals surface area contributed by atoms with E-state index in [0.29, 0.717) is 32.4 Å². The maximum absolute atomic E-state index is 12.1. The van der Waals surface area contributed by atoms with E-state index in [-0.39, 0.29) is 28.9 Å². The van der Waals surface area contributed by atoms with E-state index in [2.05, 4.69) is 10.2 Å². The molecule has 0 bridgehead atoms. The highest BCUT2D eigenvalue weighted by molar-refractivity contribution is 5.92. The monoisotopic (exact) mass is 263 g/mol. The molecule has 0 radical (unpaired) electrons. The first-order valence-electron chi connectivity index (χ1n) is 6.49. The highest BCUT2D eigenvalue weighted by Gasteiger charge is 2.27. The highest BCUT2D eigenvalue weighted by atomic mass is 16.2. The second-order valence-electron chi connectivity index (χ2n) is 4.69. The van der Waals surface area contributed by atoms with Crippen LogP contribution in [0.2, 0.25) is 0 Å². The molecule has 6 nitrogen and oxygen atoms in total. The van der Waals surface area contributed by atoms with Crippen molar-refractivity contribution in [3.05, 3.63) is 28.2 Å². The minimum atomic E-state index is -0.330. The summed E-state index contributed by atoms with van der Waals surface area (Å²) in [4.78, 5) is 36.3. The third-order valence-electron chi connectivity index (χ3n) is 3.48. The molecule has 1 amide bonds. The van der Waals surface area contributed by atoms with Crippen LogP contribution in [0.1, 0.15) is 36.7 Å². The van der Waals surface area contributed by atoms with Crippen LogP contribution in [-0.4, -0.2) is 39.9 Å². The van der Waals surface area contributed by atoms with Crippen LogP contribution >= 0.6 is 0 Å². The van der Waals surface area contributed by atoms with Crippen LogP contribution in [0.15, 0.2) is 16.9 Å². The minimum absolute atomic E-state index is 0.0811. The number of likely N-dealkylation sites (tertiary alicyclic amines) is 1. The Labute approximate surface area is 110 Å². The van der Waals surface area contributed by atoms with Gasteiger partial charge in [0.25, 0.3) is 11.5 Å². The van der Waals surface area contributed by atoms with Crippen LogP contribution in [0, 0.1) is 5.92 Å². The normalized spacial score (nSPS) is 16.4. The molecule has 0 aliphatic carbocycles. The summed E-state index contributed by atoms with van der Waals surface area (Å²) in [7, 11) is 0. The molecule has 0 saturated carbocycles. The topological polar surface area (TPSA) is 83.1 Å². The molecular formula is C13H17N3O3. The molecule has 1 aliphatic heterocycles. The first kappa shape index (κ1) is 13.5. The Morgan fingerprint density at radius 3 is 2.58 bits per heavy atom. The molecule has 0 aromatic carbocycles. The number of ketones is 1. The lowest BCUT2D eigenvalue weighted by Crippen LogP contribution is -2.40. The second-order valence-corrected chi connectivity index (χ2v) is 4.69. The van der Waals surface area contributed by atoms with Gasteiger partial charge in [-0.25, -0.2) is 5.10 Å². The molecule has 1 saturated heterocycles. The second kappa shape index (κ2) is 5.77. The maximum Gasteiger partial charge on any atom is 0.274 e. The van der Waals surface area contributed by atoms with Gasteiger partial charge in [0.05, 0.1) is 0 Å². The SMILES string of the molecule is CCC(=O)C1CCN(C(=O)c2ccc(=O)[nH]n2)CC1. The average molecular weight is 263 g/mol. The number of rotatable bonds is 3. The Hall–Kier alpha value is -1.98. The zero-order valence-corrected chi connectivity index (χ0v) is 10.9. The molecule has 102 valence electrons. The van der Waals surface area contributed by atoms with Crippen molar-refractivity contribution in [2.45, 2.75) is 26.2 Å². The largest absolute Gasteiger partial charge is 0.337 e. The lowest BCUT2D eigenvalue weighted by Gasteiger charge is -2.30. The molecule has 2 heterocycles. The van der Waals surface area contributed by atoms with E-state index in [1.165, 1.54) is 12.1 Å². The lowest BCUT2D eigenvalue weighted by molar-refractivity contribution is -0.123. The Balaban J connectivity index is 1.98. The molecule has 1 aliphatic rings. The van der Waals surface area contributed by atoms with E-state index in [9.17, 15) is 14.4 Å². The summed E-state index contributed by atoms with van der Waals surface area (Å²) in [5, 5.41) is 5.98. The van der Waals surface area contributed by atoms with E-state index in [1.54, 1.807) is 4.90 Å². The van der Waals surface area contributed by atoms with E-state index in [4.69, 9.17) is 0 Å². The molecule has 1 fully saturated rings. The Morgan fingerprint density at radius 1 is 1.37 bits per heavy atom. The number of nitrogens with zero attached hydrogens (tertiary/aromatic N) is 2. The van der Waals surface area contributed by atoms with Gasteiger partial charge in [0.2, 0.25) is 0 Å². The Kier molecular flexibility index (Phi) is 4.09. The van der Waals surface area contributed by atoms with Crippen molar-refractivity contribution in [2.24, 2.45) is 5.92 Å². The third-order valence-corrected chi connectivity index (χ3v) is 3.48. The number of nitrogens with one attached hydrogen (secondary N) is 1. The fraction of sp³-hybridized carbons (Fsp3) is 0.538. The number of aromatic nitrogens is 2. The summed E-state index contributed by atoms with van der Waals surface area (Å²) in [6, 6.07) is 2.71. The molecule has 0 atom stereocenters. The number of piperidine rings is 1. The zero-order valence-electron chi connectivity index (χ0n) is 10.9. The average Bonchev–Trinajstić information content (AvgIpc) is 2.46. The van der Waals surface area contributed by atoms with Gasteiger partial charge in [0.1, 0.15) is 11.5 Å². The summed E-state index contributed by atoms with van der Waals surface area (Å²) < 4.78 is 0. The van der Waals surface area contributed by atoms with E-state index < -0.39 is 0 Å². The molecule has 1 aromatic heterocycles. The first-order chi connectivity index (χ1) is 9.11. The summed E-state index contributed by atoms with van der Waals surface area (Å²) in [5.41, 5.74) is -0.0938. The fourth-order valence-electron chi connectivity index (χ4n) is 2.32. The maximum atomic E-state index is 12.1. The molecule has 19 heavy (non-hydrogen) atoms. The number of H-pyrrole nitrogens is 1. The predicted octanol–water partition coefficient (Wildman–Crippen LogP) is 0.601. The van der Waals surface area contributed by atoms with E-state index in [0.717, 1.165) is 0 Å². The van der Waals surface area contributed by atoms with Crippen LogP contribution in [0.4, 0.5) is 0 Å². The van der Waals surface area contributed by atoms with Crippen LogP contribution in [0.3, 0.4) is 0 Å². The predicted molar refractivity (Wildman–Crippen MR) is 68.8 cm³/mol. The van der Waals surface area contributed by atoms with Crippen LogP contribution < -0.4 is 5.56 Å². The standard InChI is InChI=1S/C13H17N3O3/c1-2-11(17)9-5-7-16(8-6-9)13(19)10-3-4-12(18)15-14-10/h3-4,9H,2,5-8H2,1H3,(H,15,18). The van der Waals surface area contributed by atoms with Crippen LogP contribution in [0.5, 0.6) is 0 Å². The Bertz CT molecular complexity index is 510. The quantitative estimate of drug-likeness (QED) is 0.865. The summed E-state index contributed by atoms with van der Waals surface area (Å²) in [5.74, 6) is 0.158. The van der Waals surface area contributed by atoms with Gasteiger partial charge < -0.3 is 4.90 Å². The van der Waals surface area contributed by atoms with Gasteiger partial charge in [0.15, 0.2) is 0 Å². The van der Waals surface area contributed by atoms with Gasteiger partial charge >= 0.3 is 0 Å². The highest BCUT2D eigenvalue weighted by Crippen LogP contribution is 2.20. The van der Waals surface area contributed by atoms with Crippen molar-refractivity contribution in [3.8, 4) is 0 Å². The number of carbonyl (C=O) groups is 2. The van der Waals surface area contributed by atoms with Crippen molar-refractivity contribution >= 4 is 11.7 Å². The molecular weight excluding hydrogens is 246 g/mol. The van der Waals surface area contributed by atoms with Crippen LogP contribution in [-0.2, 0) is 4.79 Å². The molecule has 1 aromatic rings. The van der Waals surface area contributed by atoms with Crippen molar-refractivity contribution < 1.29 is 9.59 Å². The number of hydrogen-bond acceptors (Lipinski definition) is 4. The van der Waals surface area contributed by atoms with E-state index >= 15 is 0 Å². The number of amides is 1. The molecule has 0 unspecified atom stereocenters. The molecule has 6 heteroatoms. The number of aromatic amines is 1. The van der Waals surface area contributed by atoms with Crippen LogP contribution in [0.25, 0.3) is 0 Å². The van der Waals surface area contributed by atoms with Gasteiger partial charge in [-0.05, 0) is 18.9 Å². The fourth-order valence-corrected chi connectivity index (χ4v) is 2.32. The molecule has 2 rings (SSSR count). The van der Waals surface area contributed by atoms with Crippen molar-refractivity contribution in [1.82, 2.24) is 15.1 Å². The van der Waals surface area contributed by atoms with Crippen molar-refractivity contribution in [1.29, 1.82) is 0 Å². The van der Waals surface area contributed by atoms with Gasteiger partial charge in [-0.2, -0.15) is 5.10 Å². The van der Waals surface area contributed by atoms with Gasteiger partial charge in [0, 0.05) is 31.5 Å². The molecule has 1 N–H and O–H groups in total. The summed E-state index contributed by atoms with van der Waals surface area (Å²) >= 11 is 0. The molecule has 0 spiro atoms. The first-order valence-corrected chi connectivity index (χ1v) is 6.49. The number of Topliss-reactive ketones (excluding diaryl/α,β-unsaturated/α-hetero) is 1. The van der Waals surface area contributed by atoms with E-state index in [1.807, 2.05) is 6.92 Å². The van der Waals surface area contributed by atoms with Crippen molar-refractivity contribution in [3.63, 3.8) is 0 Å². The van der Waals surface area contributed by atoms with Gasteiger partial charge in [-0.1, -0.05) is 6.92 Å². The zero-order chi connectivity index (χ0) is 13.8. The Morgan fingerprint density at radius 2 is 2.05 bits per heavy atom.